The summed E-state index contributed by atoms with van der Waals surface area (Å²) < 4.78 is 31.6. The molecule has 2 aromatic carbocycles. The maximum Gasteiger partial charge on any atom is 0.258 e. The standard InChI is InChI=1S/C19H15F2N3O3S/c20-14-7-6-12(8-15(14)21)16-11-28-19(23-16)24-17(25)9-22-18(26)10-27-13-4-2-1-3-5-13/h1-8,11H,9-10H2,(H,22,26)(H,23,24,25). The van der Waals surface area contributed by atoms with Gasteiger partial charge in [-0.1, -0.05) is 18.2 Å². The van der Waals surface area contributed by atoms with Crippen LogP contribution >= 0.6 is 11.3 Å². The molecule has 0 spiro atoms. The minimum Gasteiger partial charge on any atom is -0.484 e. The normalized spacial score (nSPS) is 10.4. The molecule has 0 aliphatic carbocycles. The lowest BCUT2D eigenvalue weighted by Gasteiger charge is -2.07. The van der Waals surface area contributed by atoms with Crippen LogP contribution in [0.1, 0.15) is 0 Å². The fourth-order valence-corrected chi connectivity index (χ4v) is 2.91. The van der Waals surface area contributed by atoms with Crippen LogP contribution < -0.4 is 15.4 Å². The summed E-state index contributed by atoms with van der Waals surface area (Å²) in [5.41, 5.74) is 0.793. The van der Waals surface area contributed by atoms with Crippen LogP contribution in [-0.4, -0.2) is 29.9 Å². The Morgan fingerprint density at radius 2 is 1.82 bits per heavy atom. The van der Waals surface area contributed by atoms with Gasteiger partial charge in [0.05, 0.1) is 12.2 Å². The van der Waals surface area contributed by atoms with Crippen molar-refractivity contribution >= 4 is 28.3 Å². The van der Waals surface area contributed by atoms with Crippen LogP contribution in [0.15, 0.2) is 53.9 Å². The third-order valence-corrected chi connectivity index (χ3v) is 4.28. The number of benzene rings is 2. The van der Waals surface area contributed by atoms with Gasteiger partial charge in [0.1, 0.15) is 5.75 Å². The van der Waals surface area contributed by atoms with E-state index in [0.717, 1.165) is 23.5 Å². The molecule has 144 valence electrons. The molecule has 3 aromatic rings. The molecule has 2 N–H and O–H groups in total. The molecule has 0 bridgehead atoms. The lowest BCUT2D eigenvalue weighted by atomic mass is 10.2. The number of amides is 2. The molecule has 0 fully saturated rings. The van der Waals surface area contributed by atoms with E-state index >= 15 is 0 Å². The Morgan fingerprint density at radius 3 is 2.57 bits per heavy atom. The summed E-state index contributed by atoms with van der Waals surface area (Å²) in [5.74, 6) is -2.29. The van der Waals surface area contributed by atoms with Crippen LogP contribution in [0, 0.1) is 11.6 Å². The van der Waals surface area contributed by atoms with Gasteiger partial charge in [-0.15, -0.1) is 11.3 Å². The molecule has 28 heavy (non-hydrogen) atoms. The smallest absolute Gasteiger partial charge is 0.258 e. The molecule has 0 atom stereocenters. The topological polar surface area (TPSA) is 80.3 Å². The first-order valence-electron chi connectivity index (χ1n) is 8.16. The van der Waals surface area contributed by atoms with Crippen LogP contribution in [0.2, 0.25) is 0 Å². The Hall–Kier alpha value is -3.33. The Bertz CT molecular complexity index is 980. The second-order valence-corrected chi connectivity index (χ2v) is 6.45. The molecule has 9 heteroatoms. The van der Waals surface area contributed by atoms with Gasteiger partial charge in [-0.2, -0.15) is 0 Å². The summed E-state index contributed by atoms with van der Waals surface area (Å²) in [7, 11) is 0. The fraction of sp³-hybridized carbons (Fsp3) is 0.105. The molecule has 0 saturated carbocycles. The number of para-hydroxylation sites is 1. The van der Waals surface area contributed by atoms with E-state index < -0.39 is 23.4 Å². The largest absolute Gasteiger partial charge is 0.484 e. The summed E-state index contributed by atoms with van der Waals surface area (Å²) in [6, 6.07) is 12.3. The Labute approximate surface area is 163 Å². The van der Waals surface area contributed by atoms with Crippen molar-refractivity contribution in [1.29, 1.82) is 0 Å². The summed E-state index contributed by atoms with van der Waals surface area (Å²) >= 11 is 1.13. The van der Waals surface area contributed by atoms with Gasteiger partial charge in [-0.3, -0.25) is 9.59 Å². The van der Waals surface area contributed by atoms with E-state index in [9.17, 15) is 18.4 Å². The van der Waals surface area contributed by atoms with E-state index in [0.29, 0.717) is 17.0 Å². The summed E-state index contributed by atoms with van der Waals surface area (Å²) in [6.45, 7) is -0.466. The molecule has 0 aliphatic heterocycles. The average Bonchev–Trinajstić information content (AvgIpc) is 3.16. The highest BCUT2D eigenvalue weighted by molar-refractivity contribution is 7.14. The van der Waals surface area contributed by atoms with Crippen molar-refractivity contribution in [3.8, 4) is 17.0 Å². The number of carbonyl (C=O) groups excluding carboxylic acids is 2. The van der Waals surface area contributed by atoms with E-state index in [1.54, 1.807) is 29.6 Å². The molecule has 3 rings (SSSR count). The molecule has 0 radical (unpaired) electrons. The van der Waals surface area contributed by atoms with Gasteiger partial charge in [-0.25, -0.2) is 13.8 Å². The molecule has 1 heterocycles. The molecule has 0 saturated heterocycles. The van der Waals surface area contributed by atoms with Crippen molar-refractivity contribution in [2.24, 2.45) is 0 Å². The zero-order valence-electron chi connectivity index (χ0n) is 14.4. The third kappa shape index (κ3) is 5.34. The van der Waals surface area contributed by atoms with Gasteiger partial charge < -0.3 is 15.4 Å². The quantitative estimate of drug-likeness (QED) is 0.635. The van der Waals surface area contributed by atoms with Crippen LogP contribution in [0.5, 0.6) is 5.75 Å². The van der Waals surface area contributed by atoms with Crippen LogP contribution in [0.25, 0.3) is 11.3 Å². The van der Waals surface area contributed by atoms with Crippen molar-refractivity contribution in [1.82, 2.24) is 10.3 Å². The lowest BCUT2D eigenvalue weighted by Crippen LogP contribution is -2.35. The Balaban J connectivity index is 1.46. The first-order chi connectivity index (χ1) is 13.5. The number of carbonyl (C=O) groups is 2. The van der Waals surface area contributed by atoms with Gasteiger partial charge in [0.25, 0.3) is 5.91 Å². The number of rotatable bonds is 7. The Morgan fingerprint density at radius 1 is 1.04 bits per heavy atom. The predicted molar refractivity (Wildman–Crippen MR) is 101 cm³/mol. The second kappa shape index (κ2) is 9.05. The SMILES string of the molecule is O=C(COc1ccccc1)NCC(=O)Nc1nc(-c2ccc(F)c(F)c2)cs1. The van der Waals surface area contributed by atoms with Gasteiger partial charge in [0, 0.05) is 10.9 Å². The molecular weight excluding hydrogens is 388 g/mol. The van der Waals surface area contributed by atoms with Gasteiger partial charge in [0.2, 0.25) is 5.91 Å². The van der Waals surface area contributed by atoms with E-state index in [4.69, 9.17) is 4.74 Å². The molecule has 0 unspecified atom stereocenters. The number of halogens is 2. The first-order valence-corrected chi connectivity index (χ1v) is 9.04. The number of hydrogen-bond acceptors (Lipinski definition) is 5. The zero-order valence-corrected chi connectivity index (χ0v) is 15.3. The van der Waals surface area contributed by atoms with Crippen LogP contribution in [0.4, 0.5) is 13.9 Å². The number of aromatic nitrogens is 1. The summed E-state index contributed by atoms with van der Waals surface area (Å²) in [5, 5.41) is 6.85. The summed E-state index contributed by atoms with van der Waals surface area (Å²) in [4.78, 5) is 27.8. The highest BCUT2D eigenvalue weighted by Gasteiger charge is 2.11. The van der Waals surface area contributed by atoms with Gasteiger partial charge >= 0.3 is 0 Å². The number of thiazole rings is 1. The van der Waals surface area contributed by atoms with E-state index in [2.05, 4.69) is 15.6 Å². The van der Waals surface area contributed by atoms with Gasteiger partial charge in [-0.05, 0) is 30.3 Å². The van der Waals surface area contributed by atoms with E-state index in [1.807, 2.05) is 6.07 Å². The number of anilines is 1. The Kier molecular flexibility index (Phi) is 6.28. The fourth-order valence-electron chi connectivity index (χ4n) is 2.18. The number of ether oxygens (including phenoxy) is 1. The highest BCUT2D eigenvalue weighted by Crippen LogP contribution is 2.26. The maximum absolute atomic E-state index is 13.3. The van der Waals surface area contributed by atoms with E-state index in [1.165, 1.54) is 6.07 Å². The number of nitrogens with zero attached hydrogens (tertiary/aromatic N) is 1. The molecule has 6 nitrogen and oxygen atoms in total. The lowest BCUT2D eigenvalue weighted by molar-refractivity contribution is -0.125. The van der Waals surface area contributed by atoms with Crippen molar-refractivity contribution < 1.29 is 23.1 Å². The molecule has 0 aliphatic rings. The first kappa shape index (κ1) is 19.4. The van der Waals surface area contributed by atoms with Gasteiger partial charge in [0.15, 0.2) is 23.4 Å². The minimum absolute atomic E-state index is 0.213. The van der Waals surface area contributed by atoms with Crippen molar-refractivity contribution in [2.45, 2.75) is 0 Å². The molecular formula is C19H15F2N3O3S. The van der Waals surface area contributed by atoms with Crippen LogP contribution in [0.3, 0.4) is 0 Å². The minimum atomic E-state index is -0.975. The van der Waals surface area contributed by atoms with E-state index in [-0.39, 0.29) is 18.3 Å². The predicted octanol–water partition coefficient (Wildman–Crippen LogP) is 3.22. The van der Waals surface area contributed by atoms with Crippen molar-refractivity contribution in [2.75, 3.05) is 18.5 Å². The monoisotopic (exact) mass is 403 g/mol. The average molecular weight is 403 g/mol. The highest BCUT2D eigenvalue weighted by atomic mass is 32.1. The number of nitrogens with one attached hydrogen (secondary N) is 2. The third-order valence-electron chi connectivity index (χ3n) is 3.53. The summed E-state index contributed by atoms with van der Waals surface area (Å²) in [6.07, 6.45) is 0. The van der Waals surface area contributed by atoms with Crippen LogP contribution in [-0.2, 0) is 9.59 Å². The number of hydrogen-bond donors (Lipinski definition) is 2. The van der Waals surface area contributed by atoms with Crippen molar-refractivity contribution in [3.63, 3.8) is 0 Å². The maximum atomic E-state index is 13.3. The zero-order chi connectivity index (χ0) is 19.9. The van der Waals surface area contributed by atoms with Crippen molar-refractivity contribution in [3.05, 3.63) is 65.5 Å². The second-order valence-electron chi connectivity index (χ2n) is 5.59. The molecule has 2 amide bonds. The molecule has 1 aromatic heterocycles.